The summed E-state index contributed by atoms with van der Waals surface area (Å²) in [5, 5.41) is 4.19. The van der Waals surface area contributed by atoms with Gasteiger partial charge in [0.15, 0.2) is 0 Å². The van der Waals surface area contributed by atoms with Gasteiger partial charge in [0.25, 0.3) is 5.56 Å². The molecule has 0 atom stereocenters. The summed E-state index contributed by atoms with van der Waals surface area (Å²) in [4.78, 5) is 16.4. The Balaban J connectivity index is 2.10. The van der Waals surface area contributed by atoms with E-state index in [4.69, 9.17) is 5.73 Å². The zero-order chi connectivity index (χ0) is 13.8. The molecule has 6 heteroatoms. The van der Waals surface area contributed by atoms with Gasteiger partial charge < -0.3 is 15.5 Å². The van der Waals surface area contributed by atoms with Crippen LogP contribution in [0.2, 0.25) is 0 Å². The second kappa shape index (κ2) is 5.99. The van der Waals surface area contributed by atoms with Crippen molar-refractivity contribution < 1.29 is 0 Å². The number of piperazine rings is 1. The lowest BCUT2D eigenvalue weighted by atomic mass is 10.3. The second-order valence-electron chi connectivity index (χ2n) is 4.95. The van der Waals surface area contributed by atoms with E-state index in [0.717, 1.165) is 37.4 Å². The molecule has 1 aromatic rings. The van der Waals surface area contributed by atoms with Crippen LogP contribution in [-0.4, -0.2) is 54.5 Å². The average molecular weight is 263 g/mol. The van der Waals surface area contributed by atoms with Crippen molar-refractivity contribution in [2.45, 2.75) is 6.54 Å². The molecule has 104 valence electrons. The molecule has 1 saturated heterocycles. The molecule has 0 unspecified atom stereocenters. The largest absolute Gasteiger partial charge is 0.368 e. The standard InChI is InChI=1S/C13H21N5O/c1-11(8-14)10-18-13(19)7-12(9-15-18)17-5-3-16(2)4-6-17/h7,9H,1,3-6,8,10,14H2,2H3. The van der Waals surface area contributed by atoms with Crippen LogP contribution in [0.15, 0.2) is 29.2 Å². The van der Waals surface area contributed by atoms with Gasteiger partial charge in [-0.2, -0.15) is 5.10 Å². The van der Waals surface area contributed by atoms with Crippen LogP contribution in [-0.2, 0) is 6.54 Å². The summed E-state index contributed by atoms with van der Waals surface area (Å²) in [6, 6.07) is 1.64. The lowest BCUT2D eigenvalue weighted by molar-refractivity contribution is 0.312. The van der Waals surface area contributed by atoms with Crippen LogP contribution in [0.4, 0.5) is 5.69 Å². The molecular formula is C13H21N5O. The third-order valence-electron chi connectivity index (χ3n) is 3.39. The first-order valence-electron chi connectivity index (χ1n) is 6.47. The van der Waals surface area contributed by atoms with E-state index in [1.54, 1.807) is 12.3 Å². The van der Waals surface area contributed by atoms with Gasteiger partial charge in [-0.3, -0.25) is 4.79 Å². The summed E-state index contributed by atoms with van der Waals surface area (Å²) in [7, 11) is 2.10. The smallest absolute Gasteiger partial charge is 0.269 e. The third-order valence-corrected chi connectivity index (χ3v) is 3.39. The Kier molecular flexibility index (Phi) is 4.34. The average Bonchev–Trinajstić information content (AvgIpc) is 2.41. The van der Waals surface area contributed by atoms with E-state index in [0.29, 0.717) is 13.1 Å². The monoisotopic (exact) mass is 263 g/mol. The summed E-state index contributed by atoms with van der Waals surface area (Å²) in [5.41, 5.74) is 7.06. The molecule has 2 heterocycles. The quantitative estimate of drug-likeness (QED) is 0.743. The van der Waals surface area contributed by atoms with Crippen molar-refractivity contribution in [3.8, 4) is 0 Å². The molecule has 0 aromatic carbocycles. The van der Waals surface area contributed by atoms with Crippen LogP contribution in [0, 0.1) is 0 Å². The van der Waals surface area contributed by atoms with Gasteiger partial charge in [0.2, 0.25) is 0 Å². The Morgan fingerprint density at radius 2 is 2.11 bits per heavy atom. The highest BCUT2D eigenvalue weighted by Gasteiger charge is 2.15. The number of hydrogen-bond acceptors (Lipinski definition) is 5. The Morgan fingerprint density at radius 3 is 2.68 bits per heavy atom. The van der Waals surface area contributed by atoms with Gasteiger partial charge in [-0.15, -0.1) is 0 Å². The Hall–Kier alpha value is -1.66. The molecule has 2 rings (SSSR count). The highest BCUT2D eigenvalue weighted by atomic mass is 16.1. The zero-order valence-corrected chi connectivity index (χ0v) is 11.4. The van der Waals surface area contributed by atoms with Crippen molar-refractivity contribution in [1.29, 1.82) is 0 Å². The minimum Gasteiger partial charge on any atom is -0.368 e. The molecule has 1 aliphatic rings. The number of anilines is 1. The van der Waals surface area contributed by atoms with Crippen molar-refractivity contribution in [3.63, 3.8) is 0 Å². The van der Waals surface area contributed by atoms with E-state index >= 15 is 0 Å². The van der Waals surface area contributed by atoms with Crippen molar-refractivity contribution in [1.82, 2.24) is 14.7 Å². The van der Waals surface area contributed by atoms with Crippen LogP contribution in [0.25, 0.3) is 0 Å². The van der Waals surface area contributed by atoms with E-state index in [2.05, 4.69) is 28.5 Å². The lowest BCUT2D eigenvalue weighted by Gasteiger charge is -2.33. The predicted molar refractivity (Wildman–Crippen MR) is 76.4 cm³/mol. The van der Waals surface area contributed by atoms with E-state index < -0.39 is 0 Å². The van der Waals surface area contributed by atoms with Crippen molar-refractivity contribution in [2.75, 3.05) is 44.7 Å². The predicted octanol–water partition coefficient (Wildman–Crippen LogP) is -0.490. The molecule has 0 spiro atoms. The fourth-order valence-electron chi connectivity index (χ4n) is 2.06. The van der Waals surface area contributed by atoms with Crippen LogP contribution in [0.1, 0.15) is 0 Å². The molecule has 1 aliphatic heterocycles. The maximum Gasteiger partial charge on any atom is 0.269 e. The number of nitrogens with zero attached hydrogens (tertiary/aromatic N) is 4. The molecule has 0 amide bonds. The molecule has 0 saturated carbocycles. The van der Waals surface area contributed by atoms with Gasteiger partial charge in [-0.25, -0.2) is 4.68 Å². The summed E-state index contributed by atoms with van der Waals surface area (Å²) in [6.45, 7) is 8.42. The maximum absolute atomic E-state index is 12.0. The van der Waals surface area contributed by atoms with Crippen molar-refractivity contribution in [3.05, 3.63) is 34.8 Å². The zero-order valence-electron chi connectivity index (χ0n) is 11.4. The number of likely N-dealkylation sites (N-methyl/N-ethyl adjacent to an activating group) is 1. The molecule has 0 bridgehead atoms. The highest BCUT2D eigenvalue weighted by Crippen LogP contribution is 2.12. The second-order valence-corrected chi connectivity index (χ2v) is 4.95. The molecule has 1 fully saturated rings. The normalized spacial score (nSPS) is 16.6. The first-order valence-corrected chi connectivity index (χ1v) is 6.47. The highest BCUT2D eigenvalue weighted by molar-refractivity contribution is 5.43. The molecule has 19 heavy (non-hydrogen) atoms. The minimum absolute atomic E-state index is 0.106. The first-order chi connectivity index (χ1) is 9.10. The van der Waals surface area contributed by atoms with Crippen molar-refractivity contribution in [2.24, 2.45) is 5.73 Å². The summed E-state index contributed by atoms with van der Waals surface area (Å²) < 4.78 is 1.40. The molecule has 2 N–H and O–H groups in total. The van der Waals surface area contributed by atoms with Gasteiger partial charge in [-0.1, -0.05) is 6.58 Å². The van der Waals surface area contributed by atoms with E-state index in [9.17, 15) is 4.79 Å². The molecular weight excluding hydrogens is 242 g/mol. The molecule has 1 aromatic heterocycles. The Bertz CT molecular complexity index is 502. The molecule has 6 nitrogen and oxygen atoms in total. The third kappa shape index (κ3) is 3.42. The SMILES string of the molecule is C=C(CN)Cn1ncc(N2CCN(C)CC2)cc1=O. The maximum atomic E-state index is 12.0. The van der Waals surface area contributed by atoms with Gasteiger partial charge >= 0.3 is 0 Å². The summed E-state index contributed by atoms with van der Waals surface area (Å²) in [5.74, 6) is 0. The van der Waals surface area contributed by atoms with Crippen LogP contribution >= 0.6 is 0 Å². The fraction of sp³-hybridized carbons (Fsp3) is 0.538. The number of aromatic nitrogens is 2. The number of rotatable bonds is 4. The van der Waals surface area contributed by atoms with Crippen LogP contribution < -0.4 is 16.2 Å². The number of hydrogen-bond donors (Lipinski definition) is 1. The lowest BCUT2D eigenvalue weighted by Crippen LogP contribution is -2.45. The first kappa shape index (κ1) is 13.8. The Labute approximate surface area is 113 Å². The van der Waals surface area contributed by atoms with Gasteiger partial charge in [0.1, 0.15) is 0 Å². The molecule has 0 radical (unpaired) electrons. The van der Waals surface area contributed by atoms with E-state index in [1.165, 1.54) is 4.68 Å². The van der Waals surface area contributed by atoms with Crippen molar-refractivity contribution >= 4 is 5.69 Å². The summed E-state index contributed by atoms with van der Waals surface area (Å²) >= 11 is 0. The van der Waals surface area contributed by atoms with E-state index in [1.807, 2.05) is 0 Å². The Morgan fingerprint density at radius 1 is 1.42 bits per heavy atom. The van der Waals surface area contributed by atoms with Gasteiger partial charge in [0, 0.05) is 38.8 Å². The van der Waals surface area contributed by atoms with Gasteiger partial charge in [-0.05, 0) is 12.6 Å². The fourth-order valence-corrected chi connectivity index (χ4v) is 2.06. The van der Waals surface area contributed by atoms with Crippen LogP contribution in [0.3, 0.4) is 0 Å². The van der Waals surface area contributed by atoms with Gasteiger partial charge in [0.05, 0.1) is 18.4 Å². The molecule has 0 aliphatic carbocycles. The number of nitrogens with two attached hydrogens (primary N) is 1. The summed E-state index contributed by atoms with van der Waals surface area (Å²) in [6.07, 6.45) is 1.75. The topological polar surface area (TPSA) is 67.4 Å². The van der Waals surface area contributed by atoms with E-state index in [-0.39, 0.29) is 5.56 Å². The minimum atomic E-state index is -0.106. The van der Waals surface area contributed by atoms with Crippen LogP contribution in [0.5, 0.6) is 0 Å².